The van der Waals surface area contributed by atoms with Crippen molar-refractivity contribution < 1.29 is 8.42 Å². The second kappa shape index (κ2) is 8.50. The Hall–Kier alpha value is -0.850. The van der Waals surface area contributed by atoms with Gasteiger partial charge in [-0.2, -0.15) is 0 Å². The van der Waals surface area contributed by atoms with Crippen LogP contribution < -0.4 is 4.31 Å². The fourth-order valence-corrected chi connectivity index (χ4v) is 5.06. The first-order valence-corrected chi connectivity index (χ1v) is 11.3. The zero-order chi connectivity index (χ0) is 17.7. The van der Waals surface area contributed by atoms with Crippen molar-refractivity contribution in [1.29, 1.82) is 0 Å². The number of anilines is 1. The molecule has 0 amide bonds. The third-order valence-corrected chi connectivity index (χ3v) is 7.71. The lowest BCUT2D eigenvalue weighted by Crippen LogP contribution is -2.38. The first kappa shape index (κ1) is 19.5. The van der Waals surface area contributed by atoms with Gasteiger partial charge in [-0.3, -0.25) is 4.31 Å². The molecule has 24 heavy (non-hydrogen) atoms. The summed E-state index contributed by atoms with van der Waals surface area (Å²) < 4.78 is 27.8. The molecule has 0 aliphatic rings. The van der Waals surface area contributed by atoms with E-state index in [0.717, 1.165) is 22.4 Å². The van der Waals surface area contributed by atoms with Crippen LogP contribution in [0.5, 0.6) is 0 Å². The first-order valence-electron chi connectivity index (χ1n) is 7.65. The highest BCUT2D eigenvalue weighted by Crippen LogP contribution is 2.29. The number of rotatable bonds is 7. The van der Waals surface area contributed by atoms with Crippen molar-refractivity contribution >= 4 is 47.6 Å². The molecule has 0 aliphatic heterocycles. The highest BCUT2D eigenvalue weighted by atomic mass is 79.9. The molecule has 0 fully saturated rings. The van der Waals surface area contributed by atoms with Crippen molar-refractivity contribution in [3.05, 3.63) is 65.2 Å². The van der Waals surface area contributed by atoms with E-state index in [4.69, 9.17) is 0 Å². The number of halogens is 2. The van der Waals surface area contributed by atoms with Gasteiger partial charge < -0.3 is 0 Å². The highest BCUT2D eigenvalue weighted by molar-refractivity contribution is 9.12. The van der Waals surface area contributed by atoms with E-state index < -0.39 is 10.0 Å². The van der Waals surface area contributed by atoms with Gasteiger partial charge in [0.15, 0.2) is 0 Å². The SMILES string of the molecule is Cc1cccc(C)c1N(CC(Br)CBr)S(=O)(=O)Cc1ccccc1. The summed E-state index contributed by atoms with van der Waals surface area (Å²) in [5.41, 5.74) is 3.49. The van der Waals surface area contributed by atoms with Gasteiger partial charge in [0.1, 0.15) is 0 Å². The van der Waals surface area contributed by atoms with Crippen LogP contribution in [0.4, 0.5) is 5.69 Å². The van der Waals surface area contributed by atoms with Crippen LogP contribution in [0.25, 0.3) is 0 Å². The van der Waals surface area contributed by atoms with Gasteiger partial charge in [0.2, 0.25) is 10.0 Å². The molecule has 2 aromatic rings. The fraction of sp³-hybridized carbons (Fsp3) is 0.333. The van der Waals surface area contributed by atoms with E-state index in [0.29, 0.717) is 11.9 Å². The molecular formula is C18H21Br2NO2S. The minimum atomic E-state index is -3.50. The first-order chi connectivity index (χ1) is 11.3. The van der Waals surface area contributed by atoms with Gasteiger partial charge in [-0.15, -0.1) is 0 Å². The second-order valence-electron chi connectivity index (χ2n) is 5.76. The minimum absolute atomic E-state index is 0.0103. The van der Waals surface area contributed by atoms with Gasteiger partial charge in [-0.1, -0.05) is 80.4 Å². The highest BCUT2D eigenvalue weighted by Gasteiger charge is 2.27. The molecule has 6 heteroatoms. The molecule has 0 saturated carbocycles. The molecule has 1 atom stereocenters. The van der Waals surface area contributed by atoms with Crippen LogP contribution in [-0.4, -0.2) is 25.1 Å². The molecular weight excluding hydrogens is 454 g/mol. The molecule has 0 N–H and O–H groups in total. The van der Waals surface area contributed by atoms with Crippen molar-refractivity contribution in [1.82, 2.24) is 0 Å². The lowest BCUT2D eigenvalue weighted by molar-refractivity contribution is 0.589. The summed E-state index contributed by atoms with van der Waals surface area (Å²) >= 11 is 6.97. The molecule has 130 valence electrons. The van der Waals surface area contributed by atoms with Crippen LogP contribution in [0.3, 0.4) is 0 Å². The van der Waals surface area contributed by atoms with Crippen molar-refractivity contribution in [2.75, 3.05) is 16.2 Å². The number of aryl methyl sites for hydroxylation is 2. The number of hydrogen-bond acceptors (Lipinski definition) is 2. The van der Waals surface area contributed by atoms with Gasteiger partial charge in [-0.25, -0.2) is 8.42 Å². The summed E-state index contributed by atoms with van der Waals surface area (Å²) in [7, 11) is -3.50. The molecule has 0 aliphatic carbocycles. The summed E-state index contributed by atoms with van der Waals surface area (Å²) in [6.07, 6.45) is 0. The van der Waals surface area contributed by atoms with E-state index in [-0.39, 0.29) is 10.6 Å². The van der Waals surface area contributed by atoms with Crippen molar-refractivity contribution in [3.8, 4) is 0 Å². The maximum atomic E-state index is 13.1. The Labute approximate surface area is 161 Å². The number of para-hydroxylation sites is 1. The van der Waals surface area contributed by atoms with E-state index in [2.05, 4.69) is 31.9 Å². The van der Waals surface area contributed by atoms with Gasteiger partial charge in [0.25, 0.3) is 0 Å². The van der Waals surface area contributed by atoms with E-state index in [1.54, 1.807) is 4.31 Å². The topological polar surface area (TPSA) is 37.4 Å². The molecule has 0 aromatic heterocycles. The van der Waals surface area contributed by atoms with Crippen molar-refractivity contribution in [2.24, 2.45) is 0 Å². The summed E-state index contributed by atoms with van der Waals surface area (Å²) in [5.74, 6) is -0.0103. The smallest absolute Gasteiger partial charge is 0.239 e. The van der Waals surface area contributed by atoms with Crippen LogP contribution >= 0.6 is 31.9 Å². The fourth-order valence-electron chi connectivity index (χ4n) is 2.63. The maximum Gasteiger partial charge on any atom is 0.239 e. The summed E-state index contributed by atoms with van der Waals surface area (Å²) in [4.78, 5) is 0.0297. The van der Waals surface area contributed by atoms with Crippen LogP contribution in [-0.2, 0) is 15.8 Å². The quantitative estimate of drug-likeness (QED) is 0.540. The molecule has 2 rings (SSSR count). The second-order valence-corrected chi connectivity index (χ2v) is 9.60. The van der Waals surface area contributed by atoms with Crippen molar-refractivity contribution in [3.63, 3.8) is 0 Å². The number of sulfonamides is 1. The average Bonchev–Trinajstić information content (AvgIpc) is 2.54. The predicted molar refractivity (Wildman–Crippen MR) is 109 cm³/mol. The third kappa shape index (κ3) is 4.83. The van der Waals surface area contributed by atoms with Crippen LogP contribution in [0, 0.1) is 13.8 Å². The lowest BCUT2D eigenvalue weighted by Gasteiger charge is -2.29. The number of nitrogens with zero attached hydrogens (tertiary/aromatic N) is 1. The molecule has 3 nitrogen and oxygen atoms in total. The van der Waals surface area contributed by atoms with E-state index in [1.165, 1.54) is 0 Å². The van der Waals surface area contributed by atoms with E-state index in [9.17, 15) is 8.42 Å². The van der Waals surface area contributed by atoms with E-state index in [1.807, 2.05) is 62.4 Å². The minimum Gasteiger partial charge on any atom is -0.268 e. The Morgan fingerprint density at radius 1 is 1.00 bits per heavy atom. The summed E-state index contributed by atoms with van der Waals surface area (Å²) in [6, 6.07) is 15.1. The van der Waals surface area contributed by atoms with Gasteiger partial charge in [0.05, 0.1) is 11.4 Å². The standard InChI is InChI=1S/C18H21Br2NO2S/c1-14-7-6-8-15(2)18(14)21(12-17(20)11-19)24(22,23)13-16-9-4-3-5-10-16/h3-10,17H,11-13H2,1-2H3. The number of alkyl halides is 2. The summed E-state index contributed by atoms with van der Waals surface area (Å²) in [6.45, 7) is 4.28. The largest absolute Gasteiger partial charge is 0.268 e. The zero-order valence-corrected chi connectivity index (χ0v) is 17.7. The third-order valence-electron chi connectivity index (χ3n) is 3.75. The average molecular weight is 475 g/mol. The Morgan fingerprint density at radius 3 is 2.12 bits per heavy atom. The maximum absolute atomic E-state index is 13.1. The number of hydrogen-bond donors (Lipinski definition) is 0. The van der Waals surface area contributed by atoms with E-state index >= 15 is 0 Å². The van der Waals surface area contributed by atoms with Crippen LogP contribution in [0.2, 0.25) is 0 Å². The van der Waals surface area contributed by atoms with Gasteiger partial charge >= 0.3 is 0 Å². The number of benzene rings is 2. The van der Waals surface area contributed by atoms with Gasteiger partial charge in [-0.05, 0) is 30.5 Å². The predicted octanol–water partition coefficient (Wildman–Crippen LogP) is 4.80. The Kier molecular flexibility index (Phi) is 6.89. The normalized spacial score (nSPS) is 12.8. The molecule has 0 radical (unpaired) electrons. The van der Waals surface area contributed by atoms with Gasteiger partial charge in [0, 0.05) is 16.7 Å². The van der Waals surface area contributed by atoms with Crippen LogP contribution in [0.1, 0.15) is 16.7 Å². The Bertz CT molecular complexity index is 759. The molecule has 0 heterocycles. The van der Waals surface area contributed by atoms with Crippen LogP contribution in [0.15, 0.2) is 48.5 Å². The summed E-state index contributed by atoms with van der Waals surface area (Å²) in [5, 5.41) is 0.676. The monoisotopic (exact) mass is 473 g/mol. The Morgan fingerprint density at radius 2 is 1.58 bits per heavy atom. The zero-order valence-electron chi connectivity index (χ0n) is 13.7. The Balaban J connectivity index is 2.46. The molecule has 1 unspecified atom stereocenters. The lowest BCUT2D eigenvalue weighted by atomic mass is 10.1. The molecule has 2 aromatic carbocycles. The van der Waals surface area contributed by atoms with Crippen molar-refractivity contribution in [2.45, 2.75) is 24.4 Å². The molecule has 0 bridgehead atoms. The molecule has 0 saturated heterocycles. The molecule has 0 spiro atoms.